The molecule has 0 amide bonds. The van der Waals surface area contributed by atoms with E-state index in [9.17, 15) is 8.42 Å². The Morgan fingerprint density at radius 1 is 1.45 bits per heavy atom. The van der Waals surface area contributed by atoms with Gasteiger partial charge in [0.1, 0.15) is 4.90 Å². The molecular formula is C12H16Cl2N2O3S. The minimum absolute atomic E-state index is 0.0368. The van der Waals surface area contributed by atoms with Crippen LogP contribution in [0.3, 0.4) is 0 Å². The van der Waals surface area contributed by atoms with Crippen LogP contribution in [0.15, 0.2) is 29.2 Å². The molecule has 3 N–H and O–H groups in total. The van der Waals surface area contributed by atoms with Gasteiger partial charge in [0.05, 0.1) is 28.9 Å². The summed E-state index contributed by atoms with van der Waals surface area (Å²) in [7, 11) is -3.75. The number of hydrogen-bond acceptors (Lipinski definition) is 4. The van der Waals surface area contributed by atoms with Gasteiger partial charge in [-0.15, -0.1) is 0 Å². The molecule has 0 unspecified atom stereocenters. The molecule has 1 rings (SSSR count). The van der Waals surface area contributed by atoms with Crippen molar-refractivity contribution >= 4 is 38.9 Å². The van der Waals surface area contributed by atoms with E-state index in [1.54, 1.807) is 0 Å². The summed E-state index contributed by atoms with van der Waals surface area (Å²) in [4.78, 5) is -0.110. The van der Waals surface area contributed by atoms with Crippen molar-refractivity contribution < 1.29 is 13.2 Å². The summed E-state index contributed by atoms with van der Waals surface area (Å²) in [5.41, 5.74) is 6.50. The van der Waals surface area contributed by atoms with Gasteiger partial charge in [0.25, 0.3) is 0 Å². The molecule has 1 aromatic carbocycles. The highest BCUT2D eigenvalue weighted by Crippen LogP contribution is 2.32. The number of hydrogen-bond donors (Lipinski definition) is 2. The van der Waals surface area contributed by atoms with E-state index in [-0.39, 0.29) is 33.8 Å². The zero-order valence-corrected chi connectivity index (χ0v) is 13.3. The molecule has 0 aliphatic heterocycles. The molecule has 1 aromatic rings. The Labute approximate surface area is 128 Å². The van der Waals surface area contributed by atoms with E-state index in [0.717, 1.165) is 5.57 Å². The summed E-state index contributed by atoms with van der Waals surface area (Å²) in [5, 5.41) is 0.117. The molecule has 8 heteroatoms. The number of sulfonamides is 1. The van der Waals surface area contributed by atoms with Crippen molar-refractivity contribution in [1.82, 2.24) is 4.72 Å². The zero-order valence-electron chi connectivity index (χ0n) is 10.9. The van der Waals surface area contributed by atoms with Gasteiger partial charge in [-0.25, -0.2) is 13.1 Å². The molecule has 5 nitrogen and oxygen atoms in total. The molecule has 0 saturated carbocycles. The Morgan fingerprint density at radius 3 is 2.70 bits per heavy atom. The highest BCUT2D eigenvalue weighted by Gasteiger charge is 2.20. The minimum atomic E-state index is -3.75. The lowest BCUT2D eigenvalue weighted by Gasteiger charge is -2.10. The quantitative estimate of drug-likeness (QED) is 0.454. The summed E-state index contributed by atoms with van der Waals surface area (Å²) >= 11 is 11.7. The van der Waals surface area contributed by atoms with Gasteiger partial charge in [0.2, 0.25) is 10.0 Å². The van der Waals surface area contributed by atoms with Crippen LogP contribution in [0.2, 0.25) is 10.0 Å². The van der Waals surface area contributed by atoms with Gasteiger partial charge < -0.3 is 10.5 Å². The van der Waals surface area contributed by atoms with Crippen LogP contribution < -0.4 is 10.5 Å². The van der Waals surface area contributed by atoms with Crippen LogP contribution in [0.1, 0.15) is 6.92 Å². The number of ether oxygens (including phenoxy) is 1. The fraction of sp³-hybridized carbons (Fsp3) is 0.333. The second-order valence-electron chi connectivity index (χ2n) is 4.18. The molecule has 0 saturated heterocycles. The normalized spacial score (nSPS) is 11.6. The first-order chi connectivity index (χ1) is 9.25. The van der Waals surface area contributed by atoms with Gasteiger partial charge in [0.15, 0.2) is 0 Å². The summed E-state index contributed by atoms with van der Waals surface area (Å²) in [5.74, 6) is 0. The van der Waals surface area contributed by atoms with Gasteiger partial charge in [-0.2, -0.15) is 0 Å². The first-order valence-electron chi connectivity index (χ1n) is 5.71. The fourth-order valence-electron chi connectivity index (χ4n) is 1.33. The molecule has 0 bridgehead atoms. The average Bonchev–Trinajstić information content (AvgIpc) is 2.34. The SMILES string of the molecule is C=C(C)COCCNS(=O)(=O)c1ccc(Cl)c(N)c1Cl. The molecule has 0 atom stereocenters. The van der Waals surface area contributed by atoms with Crippen LogP contribution in [0.4, 0.5) is 5.69 Å². The van der Waals surface area contributed by atoms with Crippen molar-refractivity contribution in [2.24, 2.45) is 0 Å². The van der Waals surface area contributed by atoms with Crippen molar-refractivity contribution in [2.45, 2.75) is 11.8 Å². The van der Waals surface area contributed by atoms with E-state index in [0.29, 0.717) is 6.61 Å². The molecule has 0 aromatic heterocycles. The molecule has 112 valence electrons. The Bertz CT molecular complexity index is 603. The monoisotopic (exact) mass is 338 g/mol. The number of benzene rings is 1. The zero-order chi connectivity index (χ0) is 15.3. The van der Waals surface area contributed by atoms with Crippen LogP contribution >= 0.6 is 23.2 Å². The Morgan fingerprint density at radius 2 is 2.10 bits per heavy atom. The summed E-state index contributed by atoms with van der Waals surface area (Å²) in [6.45, 7) is 6.22. The van der Waals surface area contributed by atoms with Crippen LogP contribution in [-0.2, 0) is 14.8 Å². The Kier molecular flexibility index (Phi) is 6.29. The second kappa shape index (κ2) is 7.28. The van der Waals surface area contributed by atoms with Gasteiger partial charge in [-0.05, 0) is 19.1 Å². The van der Waals surface area contributed by atoms with Crippen molar-refractivity contribution in [3.05, 3.63) is 34.3 Å². The van der Waals surface area contributed by atoms with E-state index in [2.05, 4.69) is 11.3 Å². The first-order valence-corrected chi connectivity index (χ1v) is 7.95. The van der Waals surface area contributed by atoms with Gasteiger partial charge in [-0.1, -0.05) is 35.4 Å². The minimum Gasteiger partial charge on any atom is -0.396 e. The van der Waals surface area contributed by atoms with Crippen molar-refractivity contribution in [3.63, 3.8) is 0 Å². The van der Waals surface area contributed by atoms with Crippen LogP contribution in [0, 0.1) is 0 Å². The third-order valence-electron chi connectivity index (χ3n) is 2.27. The van der Waals surface area contributed by atoms with E-state index in [1.807, 2.05) is 6.92 Å². The number of halogens is 2. The number of nitrogen functional groups attached to an aromatic ring is 1. The predicted octanol–water partition coefficient (Wildman–Crippen LogP) is 2.45. The summed E-state index contributed by atoms with van der Waals surface area (Å²) in [6, 6.07) is 2.69. The first kappa shape index (κ1) is 17.3. The van der Waals surface area contributed by atoms with Crippen LogP contribution in [0.25, 0.3) is 0 Å². The maximum absolute atomic E-state index is 12.0. The lowest BCUT2D eigenvalue weighted by Crippen LogP contribution is -2.28. The number of anilines is 1. The molecule has 0 radical (unpaired) electrons. The van der Waals surface area contributed by atoms with Gasteiger partial charge >= 0.3 is 0 Å². The van der Waals surface area contributed by atoms with Crippen molar-refractivity contribution in [3.8, 4) is 0 Å². The largest absolute Gasteiger partial charge is 0.396 e. The van der Waals surface area contributed by atoms with Gasteiger partial charge in [0, 0.05) is 6.54 Å². The average molecular weight is 339 g/mol. The van der Waals surface area contributed by atoms with E-state index < -0.39 is 10.0 Å². The maximum atomic E-state index is 12.0. The molecule has 0 fully saturated rings. The molecule has 0 aliphatic rings. The molecule has 0 aliphatic carbocycles. The third kappa shape index (κ3) is 4.64. The third-order valence-corrected chi connectivity index (χ3v) is 4.62. The van der Waals surface area contributed by atoms with Crippen molar-refractivity contribution in [1.29, 1.82) is 0 Å². The fourth-order valence-corrected chi connectivity index (χ4v) is 3.11. The molecule has 0 spiro atoms. The Hall–Kier alpha value is -0.790. The van der Waals surface area contributed by atoms with Gasteiger partial charge in [-0.3, -0.25) is 0 Å². The number of nitrogens with two attached hydrogens (primary N) is 1. The lowest BCUT2D eigenvalue weighted by atomic mass is 10.3. The number of nitrogens with one attached hydrogen (secondary N) is 1. The summed E-state index contributed by atoms with van der Waals surface area (Å²) < 4.78 is 31.7. The van der Waals surface area contributed by atoms with Crippen LogP contribution in [-0.4, -0.2) is 28.2 Å². The Balaban J connectivity index is 2.70. The van der Waals surface area contributed by atoms with E-state index in [4.69, 9.17) is 33.7 Å². The summed E-state index contributed by atoms with van der Waals surface area (Å²) in [6.07, 6.45) is 0. The highest BCUT2D eigenvalue weighted by molar-refractivity contribution is 7.89. The second-order valence-corrected chi connectivity index (χ2v) is 6.70. The number of rotatable bonds is 7. The lowest BCUT2D eigenvalue weighted by molar-refractivity contribution is 0.162. The molecule has 20 heavy (non-hydrogen) atoms. The predicted molar refractivity (Wildman–Crippen MR) is 81.7 cm³/mol. The van der Waals surface area contributed by atoms with Crippen molar-refractivity contribution in [2.75, 3.05) is 25.5 Å². The molecule has 0 heterocycles. The van der Waals surface area contributed by atoms with Crippen LogP contribution in [0.5, 0.6) is 0 Å². The topological polar surface area (TPSA) is 81.4 Å². The smallest absolute Gasteiger partial charge is 0.242 e. The van der Waals surface area contributed by atoms with E-state index in [1.165, 1.54) is 12.1 Å². The molecular weight excluding hydrogens is 323 g/mol. The van der Waals surface area contributed by atoms with E-state index >= 15 is 0 Å². The maximum Gasteiger partial charge on any atom is 0.242 e. The highest BCUT2D eigenvalue weighted by atomic mass is 35.5. The standard InChI is InChI=1S/C12H16Cl2N2O3S/c1-8(2)7-19-6-5-16-20(17,18)10-4-3-9(13)12(15)11(10)14/h3-4,16H,1,5-7,15H2,2H3.